The van der Waals surface area contributed by atoms with Gasteiger partial charge >= 0.3 is 15.1 Å². The van der Waals surface area contributed by atoms with E-state index in [1.165, 1.54) is 0 Å². The maximum absolute atomic E-state index is 4.74. The summed E-state index contributed by atoms with van der Waals surface area (Å²) in [5.41, 5.74) is 0. The van der Waals surface area contributed by atoms with Gasteiger partial charge in [0.05, 0.1) is 0 Å². The first-order valence-electron chi connectivity index (χ1n) is 1.93. The smallest absolute Gasteiger partial charge is 0.457 e. The van der Waals surface area contributed by atoms with Crippen molar-refractivity contribution < 1.29 is 12.8 Å². The van der Waals surface area contributed by atoms with E-state index in [1.807, 2.05) is 0 Å². The quantitative estimate of drug-likeness (QED) is 0.499. The van der Waals surface area contributed by atoms with Crippen molar-refractivity contribution in [2.75, 3.05) is 21.3 Å². The molecular weight excluding hydrogens is 111 g/mol. The fraction of sp³-hybridized carbons (Fsp3) is 1.00. The van der Waals surface area contributed by atoms with E-state index in [9.17, 15) is 0 Å². The maximum atomic E-state index is 4.74. The van der Waals surface area contributed by atoms with Gasteiger partial charge in [-0.1, -0.05) is 0 Å². The molecule has 0 aliphatic rings. The van der Waals surface area contributed by atoms with Crippen LogP contribution in [0.4, 0.5) is 0 Å². The minimum atomic E-state index is -1.67. The summed E-state index contributed by atoms with van der Waals surface area (Å²) in [6.45, 7) is 0. The lowest BCUT2D eigenvalue weighted by atomic mass is 11.8. The van der Waals surface area contributed by atoms with E-state index in [0.29, 0.717) is 0 Å². The van der Waals surface area contributed by atoms with Gasteiger partial charge in [-0.05, 0) is 0 Å². The van der Waals surface area contributed by atoms with E-state index in [1.54, 1.807) is 21.3 Å². The SMILES string of the molecule is C[O][Al]([O]C)[O]C.[HH]. The summed E-state index contributed by atoms with van der Waals surface area (Å²) < 4.78 is 14.2. The van der Waals surface area contributed by atoms with Gasteiger partial charge in [0.25, 0.3) is 0 Å². The molecule has 3 nitrogen and oxygen atoms in total. The van der Waals surface area contributed by atoms with Gasteiger partial charge in [-0.3, -0.25) is 0 Å². The molecule has 4 heteroatoms. The highest BCUT2D eigenvalue weighted by atomic mass is 27.3. The normalized spacial score (nSPS) is 9.00. The second-order valence-corrected chi connectivity index (χ2v) is 2.99. The molecule has 0 saturated heterocycles. The van der Waals surface area contributed by atoms with Crippen molar-refractivity contribution in [3.63, 3.8) is 0 Å². The lowest BCUT2D eigenvalue weighted by Crippen LogP contribution is -2.21. The predicted molar refractivity (Wildman–Crippen MR) is 28.9 cm³/mol. The summed E-state index contributed by atoms with van der Waals surface area (Å²) in [5.74, 6) is 0. The van der Waals surface area contributed by atoms with Gasteiger partial charge in [0.2, 0.25) is 0 Å². The third-order valence-corrected chi connectivity index (χ3v) is 1.73. The van der Waals surface area contributed by atoms with E-state index in [4.69, 9.17) is 11.4 Å². The molecule has 0 unspecified atom stereocenters. The molecule has 7 heavy (non-hydrogen) atoms. The summed E-state index contributed by atoms with van der Waals surface area (Å²) in [4.78, 5) is 0. The molecule has 0 aliphatic carbocycles. The molecule has 0 bridgehead atoms. The van der Waals surface area contributed by atoms with Crippen LogP contribution in [0.2, 0.25) is 0 Å². The first kappa shape index (κ1) is 7.41. The first-order valence-corrected chi connectivity index (χ1v) is 3.35. The number of hydrogen-bond donors (Lipinski definition) is 0. The van der Waals surface area contributed by atoms with Gasteiger partial charge in [0.15, 0.2) is 0 Å². The van der Waals surface area contributed by atoms with E-state index in [2.05, 4.69) is 0 Å². The maximum Gasteiger partial charge on any atom is 0.905 e. The molecule has 0 fully saturated rings. The topological polar surface area (TPSA) is 27.7 Å². The van der Waals surface area contributed by atoms with Crippen LogP contribution in [0.15, 0.2) is 0 Å². The van der Waals surface area contributed by atoms with Crippen LogP contribution in [-0.4, -0.2) is 36.5 Å². The van der Waals surface area contributed by atoms with Gasteiger partial charge in [-0.15, -0.1) is 0 Å². The van der Waals surface area contributed by atoms with Crippen LogP contribution in [0.1, 0.15) is 1.43 Å². The van der Waals surface area contributed by atoms with Crippen LogP contribution in [0.3, 0.4) is 0 Å². The lowest BCUT2D eigenvalue weighted by Gasteiger charge is -1.99. The highest BCUT2D eigenvalue weighted by molar-refractivity contribution is 6.36. The standard InChI is InChI=1S/3CH3O.Al.H2/c3*1-2;;/h3*1H3;;1H/q3*-1;+3;. The molecule has 0 heterocycles. The Morgan fingerprint density at radius 1 is 1.00 bits per heavy atom. The minimum absolute atomic E-state index is 0. The van der Waals surface area contributed by atoms with E-state index < -0.39 is 15.1 Å². The van der Waals surface area contributed by atoms with Crippen molar-refractivity contribution in [1.82, 2.24) is 0 Å². The van der Waals surface area contributed by atoms with E-state index >= 15 is 0 Å². The summed E-state index contributed by atoms with van der Waals surface area (Å²) in [5, 5.41) is 0. The number of rotatable bonds is 3. The Kier molecular flexibility index (Phi) is 4.84. The molecule has 0 amide bonds. The van der Waals surface area contributed by atoms with Crippen LogP contribution < -0.4 is 0 Å². The zero-order valence-corrected chi connectivity index (χ0v) is 5.96. The third kappa shape index (κ3) is 3.04. The molecule has 0 N–H and O–H groups in total. The van der Waals surface area contributed by atoms with Gasteiger partial charge in [-0.25, -0.2) is 0 Å². The Balaban J connectivity index is 0. The summed E-state index contributed by atoms with van der Waals surface area (Å²) in [6.07, 6.45) is 0. The minimum Gasteiger partial charge on any atom is -0.457 e. The van der Waals surface area contributed by atoms with Gasteiger partial charge in [0.1, 0.15) is 0 Å². The predicted octanol–water partition coefficient (Wildman–Crippen LogP) is 0.156. The van der Waals surface area contributed by atoms with Crippen LogP contribution in [0.5, 0.6) is 0 Å². The molecular formula is C3H11AlO3. The molecule has 0 aromatic rings. The summed E-state index contributed by atoms with van der Waals surface area (Å²) in [7, 11) is 4.72. The van der Waals surface area contributed by atoms with Crippen molar-refractivity contribution >= 4 is 15.1 Å². The average molecular weight is 122 g/mol. The molecule has 0 spiro atoms. The summed E-state index contributed by atoms with van der Waals surface area (Å²) in [6, 6.07) is 0. The fourth-order valence-corrected chi connectivity index (χ4v) is 0.866. The van der Waals surface area contributed by atoms with Crippen LogP contribution in [0, 0.1) is 0 Å². The Labute approximate surface area is 50.1 Å². The van der Waals surface area contributed by atoms with Crippen LogP contribution in [-0.2, 0) is 11.4 Å². The Morgan fingerprint density at radius 3 is 1.29 bits per heavy atom. The zero-order chi connectivity index (χ0) is 5.70. The van der Waals surface area contributed by atoms with Crippen LogP contribution in [0.25, 0.3) is 0 Å². The first-order chi connectivity index (χ1) is 3.35. The summed E-state index contributed by atoms with van der Waals surface area (Å²) >= 11 is -1.67. The van der Waals surface area contributed by atoms with E-state index in [-0.39, 0.29) is 1.43 Å². The molecule has 0 atom stereocenters. The molecule has 0 aromatic carbocycles. The molecule has 0 aliphatic heterocycles. The molecule has 44 valence electrons. The number of hydrogen-bond acceptors (Lipinski definition) is 3. The monoisotopic (exact) mass is 122 g/mol. The third-order valence-electron chi connectivity index (χ3n) is 0.577. The van der Waals surface area contributed by atoms with Crippen LogP contribution >= 0.6 is 0 Å². The lowest BCUT2D eigenvalue weighted by molar-refractivity contribution is 0.163. The van der Waals surface area contributed by atoms with Crippen molar-refractivity contribution in [3.05, 3.63) is 0 Å². The largest absolute Gasteiger partial charge is 0.905 e. The molecule has 0 aromatic heterocycles. The van der Waals surface area contributed by atoms with Crippen molar-refractivity contribution in [2.45, 2.75) is 0 Å². The molecule has 0 saturated carbocycles. The Hall–Kier alpha value is 0.412. The second-order valence-electron chi connectivity index (χ2n) is 0.996. The highest BCUT2D eigenvalue weighted by Gasteiger charge is 2.24. The zero-order valence-electron chi connectivity index (χ0n) is 4.80. The highest BCUT2D eigenvalue weighted by Crippen LogP contribution is 1.81. The van der Waals surface area contributed by atoms with Gasteiger partial charge < -0.3 is 11.4 Å². The molecule has 0 radical (unpaired) electrons. The second kappa shape index (κ2) is 4.57. The van der Waals surface area contributed by atoms with Gasteiger partial charge in [-0.2, -0.15) is 0 Å². The fourth-order valence-electron chi connectivity index (χ4n) is 0.289. The van der Waals surface area contributed by atoms with Crippen molar-refractivity contribution in [2.24, 2.45) is 0 Å². The van der Waals surface area contributed by atoms with Gasteiger partial charge in [0, 0.05) is 22.8 Å². The molecule has 0 rings (SSSR count). The Bertz CT molecular complexity index is 36.0. The van der Waals surface area contributed by atoms with Crippen molar-refractivity contribution in [1.29, 1.82) is 0 Å². The Morgan fingerprint density at radius 2 is 1.29 bits per heavy atom. The van der Waals surface area contributed by atoms with Crippen molar-refractivity contribution in [3.8, 4) is 0 Å². The average Bonchev–Trinajstić information content (AvgIpc) is 1.72. The van der Waals surface area contributed by atoms with E-state index in [0.717, 1.165) is 0 Å².